The topological polar surface area (TPSA) is 61.3 Å². The molecule has 0 aliphatic carbocycles. The molecule has 3 nitrogen and oxygen atoms in total. The SMILES string of the molecule is COc1ccccc1C(N)C(C)CN. The molecule has 1 rings (SSSR count). The predicted octanol–water partition coefficient (Wildman–Crippen LogP) is 1.29. The maximum absolute atomic E-state index is 6.07. The van der Waals surface area contributed by atoms with Crippen molar-refractivity contribution in [2.75, 3.05) is 13.7 Å². The lowest BCUT2D eigenvalue weighted by atomic mass is 9.95. The predicted molar refractivity (Wildman–Crippen MR) is 58.1 cm³/mol. The van der Waals surface area contributed by atoms with Crippen LogP contribution in [0.5, 0.6) is 5.75 Å². The quantitative estimate of drug-likeness (QED) is 0.759. The molecule has 0 bridgehead atoms. The van der Waals surface area contributed by atoms with Crippen molar-refractivity contribution < 1.29 is 4.74 Å². The van der Waals surface area contributed by atoms with Crippen molar-refractivity contribution in [2.45, 2.75) is 13.0 Å². The van der Waals surface area contributed by atoms with Crippen molar-refractivity contribution in [1.29, 1.82) is 0 Å². The van der Waals surface area contributed by atoms with E-state index in [0.29, 0.717) is 6.54 Å². The van der Waals surface area contributed by atoms with Gasteiger partial charge in [-0.25, -0.2) is 0 Å². The molecule has 2 atom stereocenters. The second kappa shape index (κ2) is 4.98. The minimum atomic E-state index is -0.0591. The Morgan fingerprint density at radius 2 is 2.00 bits per heavy atom. The summed E-state index contributed by atoms with van der Waals surface area (Å²) in [5.41, 5.74) is 12.7. The minimum absolute atomic E-state index is 0.0591. The number of hydrogen-bond acceptors (Lipinski definition) is 3. The molecule has 0 aliphatic rings. The van der Waals surface area contributed by atoms with Crippen LogP contribution in [0.4, 0.5) is 0 Å². The van der Waals surface area contributed by atoms with Gasteiger partial charge >= 0.3 is 0 Å². The van der Waals surface area contributed by atoms with Gasteiger partial charge in [0.1, 0.15) is 5.75 Å². The van der Waals surface area contributed by atoms with Crippen molar-refractivity contribution in [1.82, 2.24) is 0 Å². The number of nitrogens with two attached hydrogens (primary N) is 2. The van der Waals surface area contributed by atoms with Crippen LogP contribution in [-0.4, -0.2) is 13.7 Å². The number of para-hydroxylation sites is 1. The highest BCUT2D eigenvalue weighted by Crippen LogP contribution is 2.27. The maximum Gasteiger partial charge on any atom is 0.123 e. The van der Waals surface area contributed by atoms with Gasteiger partial charge in [0, 0.05) is 11.6 Å². The summed E-state index contributed by atoms with van der Waals surface area (Å²) in [6.45, 7) is 2.62. The zero-order chi connectivity index (χ0) is 10.6. The zero-order valence-corrected chi connectivity index (χ0v) is 8.73. The van der Waals surface area contributed by atoms with E-state index >= 15 is 0 Å². The van der Waals surface area contributed by atoms with Gasteiger partial charge in [-0.1, -0.05) is 25.1 Å². The Bertz CT molecular complexity index is 288. The molecule has 3 heteroatoms. The van der Waals surface area contributed by atoms with Gasteiger partial charge in [-0.2, -0.15) is 0 Å². The summed E-state index contributed by atoms with van der Waals surface area (Å²) in [4.78, 5) is 0. The fraction of sp³-hybridized carbons (Fsp3) is 0.455. The van der Waals surface area contributed by atoms with Crippen molar-refractivity contribution in [3.63, 3.8) is 0 Å². The fourth-order valence-corrected chi connectivity index (χ4v) is 1.39. The number of rotatable bonds is 4. The van der Waals surface area contributed by atoms with Crippen LogP contribution < -0.4 is 16.2 Å². The first kappa shape index (κ1) is 11.0. The van der Waals surface area contributed by atoms with E-state index < -0.39 is 0 Å². The van der Waals surface area contributed by atoms with Crippen LogP contribution in [-0.2, 0) is 0 Å². The summed E-state index contributed by atoms with van der Waals surface area (Å²) < 4.78 is 5.24. The second-order valence-corrected chi connectivity index (χ2v) is 3.48. The highest BCUT2D eigenvalue weighted by molar-refractivity contribution is 5.35. The van der Waals surface area contributed by atoms with Crippen LogP contribution in [0.3, 0.4) is 0 Å². The van der Waals surface area contributed by atoms with E-state index in [1.54, 1.807) is 7.11 Å². The highest BCUT2D eigenvalue weighted by atomic mass is 16.5. The van der Waals surface area contributed by atoms with Gasteiger partial charge in [0.15, 0.2) is 0 Å². The van der Waals surface area contributed by atoms with Gasteiger partial charge in [0.05, 0.1) is 7.11 Å². The standard InChI is InChI=1S/C11H18N2O/c1-8(7-12)11(13)9-5-3-4-6-10(9)14-2/h3-6,8,11H,7,12-13H2,1-2H3. The summed E-state index contributed by atoms with van der Waals surface area (Å²) in [6, 6.07) is 7.73. The zero-order valence-electron chi connectivity index (χ0n) is 8.73. The molecule has 0 spiro atoms. The van der Waals surface area contributed by atoms with Crippen LogP contribution in [0.1, 0.15) is 18.5 Å². The molecule has 4 N–H and O–H groups in total. The molecule has 1 aromatic rings. The Balaban J connectivity index is 2.93. The molecular weight excluding hydrogens is 176 g/mol. The van der Waals surface area contributed by atoms with Crippen LogP contribution in [0.2, 0.25) is 0 Å². The molecule has 2 unspecified atom stereocenters. The lowest BCUT2D eigenvalue weighted by Crippen LogP contribution is -2.25. The second-order valence-electron chi connectivity index (χ2n) is 3.48. The fourth-order valence-electron chi connectivity index (χ4n) is 1.39. The first-order valence-corrected chi connectivity index (χ1v) is 4.79. The molecule has 78 valence electrons. The lowest BCUT2D eigenvalue weighted by Gasteiger charge is -2.20. The molecule has 0 amide bonds. The third-order valence-corrected chi connectivity index (χ3v) is 2.48. The molecule has 0 saturated carbocycles. The average Bonchev–Trinajstić information content (AvgIpc) is 2.26. The lowest BCUT2D eigenvalue weighted by molar-refractivity contribution is 0.393. The highest BCUT2D eigenvalue weighted by Gasteiger charge is 2.16. The van der Waals surface area contributed by atoms with E-state index in [0.717, 1.165) is 11.3 Å². The smallest absolute Gasteiger partial charge is 0.123 e. The molecule has 0 aliphatic heterocycles. The van der Waals surface area contributed by atoms with Gasteiger partial charge in [-0.15, -0.1) is 0 Å². The van der Waals surface area contributed by atoms with Gasteiger partial charge < -0.3 is 16.2 Å². The van der Waals surface area contributed by atoms with E-state index in [9.17, 15) is 0 Å². The van der Waals surface area contributed by atoms with Gasteiger partial charge in [-0.3, -0.25) is 0 Å². The van der Waals surface area contributed by atoms with E-state index in [4.69, 9.17) is 16.2 Å². The summed E-state index contributed by atoms with van der Waals surface area (Å²) >= 11 is 0. The van der Waals surface area contributed by atoms with Gasteiger partial charge in [0.25, 0.3) is 0 Å². The summed E-state index contributed by atoms with van der Waals surface area (Å²) in [6.07, 6.45) is 0. The van der Waals surface area contributed by atoms with Crippen LogP contribution >= 0.6 is 0 Å². The van der Waals surface area contributed by atoms with Crippen LogP contribution in [0, 0.1) is 5.92 Å². The van der Waals surface area contributed by atoms with E-state index in [-0.39, 0.29) is 12.0 Å². The molecule has 0 aromatic heterocycles. The van der Waals surface area contributed by atoms with Crippen LogP contribution in [0.15, 0.2) is 24.3 Å². The molecule has 0 saturated heterocycles. The Labute approximate surface area is 85.0 Å². The Morgan fingerprint density at radius 3 is 2.57 bits per heavy atom. The van der Waals surface area contributed by atoms with Crippen LogP contribution in [0.25, 0.3) is 0 Å². The molecule has 14 heavy (non-hydrogen) atoms. The number of hydrogen-bond donors (Lipinski definition) is 2. The summed E-state index contributed by atoms with van der Waals surface area (Å²) in [7, 11) is 1.65. The maximum atomic E-state index is 6.07. The van der Waals surface area contributed by atoms with Gasteiger partial charge in [0.2, 0.25) is 0 Å². The average molecular weight is 194 g/mol. The largest absolute Gasteiger partial charge is 0.496 e. The Kier molecular flexibility index (Phi) is 3.92. The molecule has 0 fully saturated rings. The number of methoxy groups -OCH3 is 1. The van der Waals surface area contributed by atoms with Crippen molar-refractivity contribution in [3.8, 4) is 5.75 Å². The van der Waals surface area contributed by atoms with Gasteiger partial charge in [-0.05, 0) is 18.5 Å². The van der Waals surface area contributed by atoms with E-state index in [1.165, 1.54) is 0 Å². The molecule has 0 heterocycles. The van der Waals surface area contributed by atoms with Crippen molar-refractivity contribution in [2.24, 2.45) is 17.4 Å². The monoisotopic (exact) mass is 194 g/mol. The minimum Gasteiger partial charge on any atom is -0.496 e. The Morgan fingerprint density at radius 1 is 1.36 bits per heavy atom. The summed E-state index contributed by atoms with van der Waals surface area (Å²) in [5.74, 6) is 1.09. The summed E-state index contributed by atoms with van der Waals surface area (Å²) in [5, 5.41) is 0. The van der Waals surface area contributed by atoms with Crippen molar-refractivity contribution >= 4 is 0 Å². The number of benzene rings is 1. The molecule has 0 radical (unpaired) electrons. The first-order chi connectivity index (χ1) is 6.70. The van der Waals surface area contributed by atoms with E-state index in [1.807, 2.05) is 31.2 Å². The third-order valence-electron chi connectivity index (χ3n) is 2.48. The first-order valence-electron chi connectivity index (χ1n) is 4.79. The van der Waals surface area contributed by atoms with E-state index in [2.05, 4.69) is 0 Å². The molecule has 1 aromatic carbocycles. The van der Waals surface area contributed by atoms with Crippen molar-refractivity contribution in [3.05, 3.63) is 29.8 Å². The normalized spacial score (nSPS) is 14.9. The number of ether oxygens (including phenoxy) is 1. The Hall–Kier alpha value is -1.06. The molecular formula is C11H18N2O. The third kappa shape index (κ3) is 2.25.